The van der Waals surface area contributed by atoms with Crippen molar-refractivity contribution in [3.8, 4) is 5.75 Å². The van der Waals surface area contributed by atoms with Crippen molar-refractivity contribution < 1.29 is 9.84 Å². The average Bonchev–Trinajstić information content (AvgIpc) is 3.24. The smallest absolute Gasteiger partial charge is 0.141 e. The van der Waals surface area contributed by atoms with Gasteiger partial charge in [0, 0.05) is 50.4 Å². The number of hydrogen-bond acceptors (Lipinski definition) is 4. The van der Waals surface area contributed by atoms with Gasteiger partial charge in [-0.1, -0.05) is 48.9 Å². The molecule has 2 heterocycles. The van der Waals surface area contributed by atoms with Crippen molar-refractivity contribution in [2.45, 2.75) is 38.0 Å². The summed E-state index contributed by atoms with van der Waals surface area (Å²) in [6.45, 7) is 3.45. The lowest BCUT2D eigenvalue weighted by atomic mass is 9.65. The molecule has 1 N–H and O–H groups in total. The largest absolute Gasteiger partial charge is 0.497 e. The van der Waals surface area contributed by atoms with Crippen molar-refractivity contribution in [3.05, 3.63) is 83.9 Å². The van der Waals surface area contributed by atoms with Crippen LogP contribution in [0.2, 0.25) is 0 Å². The summed E-state index contributed by atoms with van der Waals surface area (Å²) in [6, 6.07) is 18.8. The lowest BCUT2D eigenvalue weighted by Crippen LogP contribution is -2.58. The number of aromatic nitrogens is 2. The van der Waals surface area contributed by atoms with Gasteiger partial charge in [0.25, 0.3) is 0 Å². The minimum Gasteiger partial charge on any atom is -0.497 e. The van der Waals surface area contributed by atoms with Crippen LogP contribution >= 0.6 is 0 Å². The summed E-state index contributed by atoms with van der Waals surface area (Å²) in [6.07, 6.45) is 7.14. The highest BCUT2D eigenvalue weighted by Crippen LogP contribution is 2.49. The van der Waals surface area contributed by atoms with Crippen LogP contribution in [-0.2, 0) is 18.7 Å². The van der Waals surface area contributed by atoms with Gasteiger partial charge in [-0.3, -0.25) is 4.90 Å². The lowest BCUT2D eigenvalue weighted by molar-refractivity contribution is -0.155. The van der Waals surface area contributed by atoms with E-state index in [1.807, 2.05) is 30.6 Å². The summed E-state index contributed by atoms with van der Waals surface area (Å²) in [7, 11) is 1.70. The summed E-state index contributed by atoms with van der Waals surface area (Å²) in [4.78, 5) is 7.21. The molecule has 162 valence electrons. The first-order valence-electron chi connectivity index (χ1n) is 11.3. The molecule has 5 rings (SSSR count). The van der Waals surface area contributed by atoms with Crippen LogP contribution in [0.4, 0.5) is 0 Å². The first-order chi connectivity index (χ1) is 15.2. The predicted molar refractivity (Wildman–Crippen MR) is 121 cm³/mol. The van der Waals surface area contributed by atoms with Crippen molar-refractivity contribution in [1.82, 2.24) is 14.5 Å². The predicted octanol–water partition coefficient (Wildman–Crippen LogP) is 4.06. The van der Waals surface area contributed by atoms with Gasteiger partial charge in [-0.15, -0.1) is 0 Å². The minimum atomic E-state index is -0.854. The molecule has 0 unspecified atom stereocenters. The Hall–Kier alpha value is -2.63. The zero-order valence-corrected chi connectivity index (χ0v) is 18.2. The normalized spacial score (nSPS) is 26.0. The molecule has 5 nitrogen and oxygen atoms in total. The number of methoxy groups -OCH3 is 1. The van der Waals surface area contributed by atoms with Crippen LogP contribution in [-0.4, -0.2) is 39.8 Å². The fraction of sp³-hybridized carbons (Fsp3) is 0.423. The molecule has 0 amide bonds. The highest BCUT2D eigenvalue weighted by Gasteiger charge is 2.53. The van der Waals surface area contributed by atoms with E-state index in [1.165, 1.54) is 17.5 Å². The van der Waals surface area contributed by atoms with E-state index in [1.54, 1.807) is 7.11 Å². The number of nitrogens with zero attached hydrogens (tertiary/aromatic N) is 3. The van der Waals surface area contributed by atoms with E-state index < -0.39 is 5.60 Å². The zero-order valence-electron chi connectivity index (χ0n) is 18.2. The van der Waals surface area contributed by atoms with Gasteiger partial charge in [-0.05, 0) is 36.1 Å². The van der Waals surface area contributed by atoms with Crippen LogP contribution < -0.4 is 4.74 Å². The third-order valence-corrected chi connectivity index (χ3v) is 7.14. The Bertz CT molecular complexity index is 985. The summed E-state index contributed by atoms with van der Waals surface area (Å²) in [5, 5.41) is 12.1. The first kappa shape index (κ1) is 20.3. The van der Waals surface area contributed by atoms with Gasteiger partial charge in [0.15, 0.2) is 0 Å². The summed E-state index contributed by atoms with van der Waals surface area (Å²) in [5.41, 5.74) is 1.66. The molecule has 0 radical (unpaired) electrons. The molecule has 1 aliphatic carbocycles. The number of rotatable bonds is 6. The van der Waals surface area contributed by atoms with Gasteiger partial charge >= 0.3 is 0 Å². The quantitative estimate of drug-likeness (QED) is 0.657. The fourth-order valence-electron chi connectivity index (χ4n) is 5.60. The number of imidazole rings is 1. The number of aliphatic hydroxyl groups is 1. The number of likely N-dealkylation sites (tertiary alicyclic amines) is 1. The number of fused-ring (bicyclic) bond motifs is 2. The highest BCUT2D eigenvalue weighted by molar-refractivity contribution is 5.27. The molecular weight excluding hydrogens is 386 g/mol. The van der Waals surface area contributed by atoms with E-state index >= 15 is 0 Å². The Morgan fingerprint density at radius 1 is 0.968 bits per heavy atom. The first-order valence-corrected chi connectivity index (χ1v) is 11.3. The van der Waals surface area contributed by atoms with Gasteiger partial charge in [-0.25, -0.2) is 4.98 Å². The number of piperidine rings is 1. The minimum absolute atomic E-state index is 0.204. The maximum absolute atomic E-state index is 12.1. The van der Waals surface area contributed by atoms with E-state index in [0.717, 1.165) is 50.6 Å². The SMILES string of the molecule is COc1ccc(CN2C[C@@H]3CCC[C@@H](C2)C3(O)c2nccn2Cc2ccccc2)cc1. The molecule has 2 atom stereocenters. The van der Waals surface area contributed by atoms with Gasteiger partial charge in [0.05, 0.1) is 7.11 Å². The zero-order chi connectivity index (χ0) is 21.3. The molecule has 1 aliphatic heterocycles. The Kier molecular flexibility index (Phi) is 5.55. The third kappa shape index (κ3) is 3.88. The van der Waals surface area contributed by atoms with Crippen LogP contribution in [0.3, 0.4) is 0 Å². The van der Waals surface area contributed by atoms with Crippen LogP contribution in [0.5, 0.6) is 5.75 Å². The van der Waals surface area contributed by atoms with E-state index in [0.29, 0.717) is 0 Å². The number of benzene rings is 2. The number of ether oxygens (including phenoxy) is 1. The second kappa shape index (κ2) is 8.48. The standard InChI is InChI=1S/C26H31N3O2/c1-31-24-12-10-21(11-13-24)16-28-18-22-8-5-9-23(19-28)26(22,30)25-27-14-15-29(25)17-20-6-3-2-4-7-20/h2-4,6-7,10-15,22-23,30H,5,8-9,16-19H2,1H3/t22-,23-/m0/s1. The van der Waals surface area contributed by atoms with Crippen molar-refractivity contribution in [1.29, 1.82) is 0 Å². The molecule has 2 fully saturated rings. The van der Waals surface area contributed by atoms with Crippen molar-refractivity contribution >= 4 is 0 Å². The van der Waals surface area contributed by atoms with Gasteiger partial charge in [0.2, 0.25) is 0 Å². The highest BCUT2D eigenvalue weighted by atomic mass is 16.5. The van der Waals surface area contributed by atoms with Crippen LogP contribution in [0.25, 0.3) is 0 Å². The molecule has 1 saturated heterocycles. The Balaban J connectivity index is 1.37. The van der Waals surface area contributed by atoms with Gasteiger partial charge < -0.3 is 14.4 Å². The van der Waals surface area contributed by atoms with E-state index in [2.05, 4.69) is 45.9 Å². The Morgan fingerprint density at radius 3 is 2.32 bits per heavy atom. The summed E-state index contributed by atoms with van der Waals surface area (Å²) < 4.78 is 7.44. The van der Waals surface area contributed by atoms with Gasteiger partial charge in [0.1, 0.15) is 17.2 Å². The number of hydrogen-bond donors (Lipinski definition) is 1. The lowest BCUT2D eigenvalue weighted by Gasteiger charge is -2.52. The van der Waals surface area contributed by atoms with Gasteiger partial charge in [-0.2, -0.15) is 0 Å². The molecule has 0 spiro atoms. The molecule has 2 bridgehead atoms. The Labute approximate surface area is 184 Å². The molecule has 2 aromatic carbocycles. The monoisotopic (exact) mass is 417 g/mol. The second-order valence-corrected chi connectivity index (χ2v) is 9.06. The molecular formula is C26H31N3O2. The molecule has 5 heteroatoms. The van der Waals surface area contributed by atoms with E-state index in [4.69, 9.17) is 9.72 Å². The maximum atomic E-state index is 12.1. The Morgan fingerprint density at radius 2 is 1.65 bits per heavy atom. The van der Waals surface area contributed by atoms with Crippen molar-refractivity contribution in [3.63, 3.8) is 0 Å². The second-order valence-electron chi connectivity index (χ2n) is 9.06. The van der Waals surface area contributed by atoms with Crippen LogP contribution in [0.1, 0.15) is 36.2 Å². The molecule has 3 aromatic rings. The topological polar surface area (TPSA) is 50.5 Å². The van der Waals surface area contributed by atoms with Crippen molar-refractivity contribution in [2.75, 3.05) is 20.2 Å². The molecule has 2 aliphatic rings. The molecule has 1 saturated carbocycles. The average molecular weight is 418 g/mol. The summed E-state index contributed by atoms with van der Waals surface area (Å²) in [5.74, 6) is 2.14. The fourth-order valence-corrected chi connectivity index (χ4v) is 5.60. The maximum Gasteiger partial charge on any atom is 0.141 e. The molecule has 31 heavy (non-hydrogen) atoms. The van der Waals surface area contributed by atoms with Crippen LogP contribution in [0, 0.1) is 11.8 Å². The van der Waals surface area contributed by atoms with Crippen molar-refractivity contribution in [2.24, 2.45) is 11.8 Å². The molecule has 1 aromatic heterocycles. The third-order valence-electron chi connectivity index (χ3n) is 7.14. The van der Waals surface area contributed by atoms with E-state index in [9.17, 15) is 5.11 Å². The summed E-state index contributed by atoms with van der Waals surface area (Å²) >= 11 is 0. The van der Waals surface area contributed by atoms with Crippen LogP contribution in [0.15, 0.2) is 67.0 Å². The van der Waals surface area contributed by atoms with E-state index in [-0.39, 0.29) is 11.8 Å².